The highest BCUT2D eigenvalue weighted by Crippen LogP contribution is 2.31. The number of H-pyrrole nitrogens is 1. The SMILES string of the molecule is COc1ccc(-c2cc(C(=O)N/N=C/c3sccc3C)[nH]n2)cc1OC. The van der Waals surface area contributed by atoms with Crippen LogP contribution >= 0.6 is 11.3 Å². The first-order chi connectivity index (χ1) is 12.6. The van der Waals surface area contributed by atoms with Crippen molar-refractivity contribution in [2.75, 3.05) is 14.2 Å². The maximum Gasteiger partial charge on any atom is 0.289 e. The van der Waals surface area contributed by atoms with E-state index in [-0.39, 0.29) is 5.91 Å². The number of benzene rings is 1. The molecule has 2 heterocycles. The van der Waals surface area contributed by atoms with Crippen LogP contribution in [0.4, 0.5) is 0 Å². The fourth-order valence-electron chi connectivity index (χ4n) is 2.31. The smallest absolute Gasteiger partial charge is 0.289 e. The Balaban J connectivity index is 1.72. The number of aromatic nitrogens is 2. The number of aryl methyl sites for hydroxylation is 1. The number of amides is 1. The number of ether oxygens (including phenoxy) is 2. The number of hydrogen-bond acceptors (Lipinski definition) is 6. The van der Waals surface area contributed by atoms with E-state index in [0.29, 0.717) is 22.9 Å². The Kier molecular flexibility index (Phi) is 5.33. The van der Waals surface area contributed by atoms with Gasteiger partial charge in [-0.3, -0.25) is 9.89 Å². The minimum atomic E-state index is -0.366. The van der Waals surface area contributed by atoms with Gasteiger partial charge in [-0.25, -0.2) is 5.43 Å². The van der Waals surface area contributed by atoms with Gasteiger partial charge in [0, 0.05) is 10.4 Å². The fourth-order valence-corrected chi connectivity index (χ4v) is 3.09. The lowest BCUT2D eigenvalue weighted by Gasteiger charge is -2.08. The lowest BCUT2D eigenvalue weighted by molar-refractivity contribution is 0.0950. The molecule has 134 valence electrons. The highest BCUT2D eigenvalue weighted by Gasteiger charge is 2.12. The predicted molar refractivity (Wildman–Crippen MR) is 101 cm³/mol. The van der Waals surface area contributed by atoms with Crippen LogP contribution in [0.5, 0.6) is 11.5 Å². The molecule has 0 aliphatic heterocycles. The molecule has 2 aromatic heterocycles. The Morgan fingerprint density at radius 2 is 2.04 bits per heavy atom. The molecule has 3 aromatic rings. The molecular formula is C18H18N4O3S. The summed E-state index contributed by atoms with van der Waals surface area (Å²) in [5, 5.41) is 12.9. The van der Waals surface area contributed by atoms with E-state index >= 15 is 0 Å². The molecule has 0 bridgehead atoms. The minimum absolute atomic E-state index is 0.315. The standard InChI is InChI=1S/C18H18N4O3S/c1-11-6-7-26-17(11)10-19-22-18(23)14-9-13(20-21-14)12-4-5-15(24-2)16(8-12)25-3/h4-10H,1-3H3,(H,20,21)(H,22,23)/b19-10+. The summed E-state index contributed by atoms with van der Waals surface area (Å²) in [6.07, 6.45) is 1.63. The van der Waals surface area contributed by atoms with E-state index < -0.39 is 0 Å². The molecule has 0 aliphatic carbocycles. The van der Waals surface area contributed by atoms with Gasteiger partial charge in [-0.05, 0) is 48.2 Å². The highest BCUT2D eigenvalue weighted by atomic mass is 32.1. The number of hydrogen-bond donors (Lipinski definition) is 2. The van der Waals surface area contributed by atoms with Crippen molar-refractivity contribution >= 4 is 23.5 Å². The van der Waals surface area contributed by atoms with E-state index in [9.17, 15) is 4.79 Å². The zero-order chi connectivity index (χ0) is 18.5. The summed E-state index contributed by atoms with van der Waals surface area (Å²) in [4.78, 5) is 13.2. The van der Waals surface area contributed by atoms with E-state index in [2.05, 4.69) is 20.7 Å². The number of thiophene rings is 1. The maximum absolute atomic E-state index is 12.2. The van der Waals surface area contributed by atoms with Crippen molar-refractivity contribution in [1.29, 1.82) is 0 Å². The first-order valence-electron chi connectivity index (χ1n) is 7.77. The third-order valence-corrected chi connectivity index (χ3v) is 4.70. The first-order valence-corrected chi connectivity index (χ1v) is 8.65. The molecule has 2 N–H and O–H groups in total. The van der Waals surface area contributed by atoms with Crippen LogP contribution < -0.4 is 14.9 Å². The number of rotatable bonds is 6. The van der Waals surface area contributed by atoms with Crippen molar-refractivity contribution < 1.29 is 14.3 Å². The van der Waals surface area contributed by atoms with Gasteiger partial charge in [0.2, 0.25) is 0 Å². The number of carbonyl (C=O) groups excluding carboxylic acids is 1. The van der Waals surface area contributed by atoms with Gasteiger partial charge < -0.3 is 9.47 Å². The van der Waals surface area contributed by atoms with Crippen LogP contribution in [0.3, 0.4) is 0 Å². The topological polar surface area (TPSA) is 88.6 Å². The molecule has 0 unspecified atom stereocenters. The van der Waals surface area contributed by atoms with Crippen LogP contribution in [0.1, 0.15) is 20.9 Å². The van der Waals surface area contributed by atoms with Gasteiger partial charge in [0.25, 0.3) is 5.91 Å². The summed E-state index contributed by atoms with van der Waals surface area (Å²) in [5.41, 5.74) is 5.34. The second kappa shape index (κ2) is 7.83. The molecule has 0 fully saturated rings. The average molecular weight is 370 g/mol. The molecule has 3 rings (SSSR count). The molecule has 7 nitrogen and oxygen atoms in total. The summed E-state index contributed by atoms with van der Waals surface area (Å²) >= 11 is 1.56. The van der Waals surface area contributed by atoms with Crippen molar-refractivity contribution in [2.24, 2.45) is 5.10 Å². The number of methoxy groups -OCH3 is 2. The van der Waals surface area contributed by atoms with Crippen LogP contribution in [0, 0.1) is 6.92 Å². The monoisotopic (exact) mass is 370 g/mol. The molecule has 8 heteroatoms. The Bertz CT molecular complexity index is 946. The van der Waals surface area contributed by atoms with E-state index in [1.807, 2.05) is 24.4 Å². The van der Waals surface area contributed by atoms with Crippen LogP contribution in [-0.2, 0) is 0 Å². The molecule has 0 aliphatic rings. The van der Waals surface area contributed by atoms with Gasteiger partial charge in [-0.2, -0.15) is 10.2 Å². The Morgan fingerprint density at radius 1 is 1.23 bits per heavy atom. The van der Waals surface area contributed by atoms with Gasteiger partial charge in [-0.1, -0.05) is 0 Å². The molecule has 0 saturated heterocycles. The summed E-state index contributed by atoms with van der Waals surface area (Å²) in [7, 11) is 3.14. The van der Waals surface area contributed by atoms with Crippen LogP contribution in [0.2, 0.25) is 0 Å². The van der Waals surface area contributed by atoms with Gasteiger partial charge in [0.1, 0.15) is 5.69 Å². The fraction of sp³-hybridized carbons (Fsp3) is 0.167. The van der Waals surface area contributed by atoms with Crippen molar-refractivity contribution in [3.8, 4) is 22.8 Å². The van der Waals surface area contributed by atoms with Gasteiger partial charge in [-0.15, -0.1) is 11.3 Å². The van der Waals surface area contributed by atoms with E-state index in [4.69, 9.17) is 9.47 Å². The zero-order valence-corrected chi connectivity index (χ0v) is 15.4. The number of aromatic amines is 1. The van der Waals surface area contributed by atoms with E-state index in [1.54, 1.807) is 50.0 Å². The number of hydrazone groups is 1. The maximum atomic E-state index is 12.2. The quantitative estimate of drug-likeness (QED) is 0.515. The Morgan fingerprint density at radius 3 is 2.73 bits per heavy atom. The predicted octanol–water partition coefficient (Wildman–Crippen LogP) is 3.23. The third kappa shape index (κ3) is 3.75. The Labute approximate surface area is 154 Å². The molecule has 0 saturated carbocycles. The minimum Gasteiger partial charge on any atom is -0.493 e. The third-order valence-electron chi connectivity index (χ3n) is 3.75. The number of carbonyl (C=O) groups is 1. The van der Waals surface area contributed by atoms with E-state index in [1.165, 1.54) is 0 Å². The lowest BCUT2D eigenvalue weighted by atomic mass is 10.1. The summed E-state index contributed by atoms with van der Waals surface area (Å²) in [6, 6.07) is 9.09. The van der Waals surface area contributed by atoms with Crippen LogP contribution in [0.25, 0.3) is 11.3 Å². The van der Waals surface area contributed by atoms with Gasteiger partial charge in [0.15, 0.2) is 11.5 Å². The molecule has 0 radical (unpaired) electrons. The van der Waals surface area contributed by atoms with Gasteiger partial charge in [0.05, 0.1) is 26.1 Å². The normalized spacial score (nSPS) is 10.9. The Hall–Kier alpha value is -3.13. The molecule has 26 heavy (non-hydrogen) atoms. The van der Waals surface area contributed by atoms with Crippen molar-refractivity contribution in [3.05, 3.63) is 51.8 Å². The van der Waals surface area contributed by atoms with Crippen molar-refractivity contribution in [2.45, 2.75) is 6.92 Å². The molecule has 1 aromatic carbocycles. The largest absolute Gasteiger partial charge is 0.493 e. The summed E-state index contributed by atoms with van der Waals surface area (Å²) in [6.45, 7) is 1.99. The average Bonchev–Trinajstić information content (AvgIpc) is 3.30. The van der Waals surface area contributed by atoms with Crippen LogP contribution in [-0.4, -0.2) is 36.5 Å². The summed E-state index contributed by atoms with van der Waals surface area (Å²) < 4.78 is 10.5. The van der Waals surface area contributed by atoms with Crippen LogP contribution in [0.15, 0.2) is 40.8 Å². The van der Waals surface area contributed by atoms with Gasteiger partial charge >= 0.3 is 0 Å². The first kappa shape index (κ1) is 17.7. The molecule has 0 atom stereocenters. The second-order valence-electron chi connectivity index (χ2n) is 5.40. The number of nitrogens with zero attached hydrogens (tertiary/aromatic N) is 2. The van der Waals surface area contributed by atoms with E-state index in [0.717, 1.165) is 16.0 Å². The van der Waals surface area contributed by atoms with Crippen molar-refractivity contribution in [1.82, 2.24) is 15.6 Å². The van der Waals surface area contributed by atoms with Crippen molar-refractivity contribution in [3.63, 3.8) is 0 Å². The summed E-state index contributed by atoms with van der Waals surface area (Å²) in [5.74, 6) is 0.854. The molecular weight excluding hydrogens is 352 g/mol. The highest BCUT2D eigenvalue weighted by molar-refractivity contribution is 7.11. The second-order valence-corrected chi connectivity index (χ2v) is 6.35. The zero-order valence-electron chi connectivity index (χ0n) is 14.6. The molecule has 0 spiro atoms. The number of nitrogens with one attached hydrogen (secondary N) is 2. The lowest BCUT2D eigenvalue weighted by Crippen LogP contribution is -2.17. The molecule has 1 amide bonds.